The van der Waals surface area contributed by atoms with Gasteiger partial charge in [-0.05, 0) is 30.9 Å². The molecule has 1 heterocycles. The Labute approximate surface area is 112 Å². The number of hydrogen-bond donors (Lipinski definition) is 1. The molecule has 0 spiro atoms. The lowest BCUT2D eigenvalue weighted by atomic mass is 9.84. The van der Waals surface area contributed by atoms with Crippen LogP contribution in [-0.2, 0) is 0 Å². The van der Waals surface area contributed by atoms with Crippen molar-refractivity contribution in [1.82, 2.24) is 0 Å². The van der Waals surface area contributed by atoms with Crippen LogP contribution in [0.15, 0.2) is 12.1 Å². The van der Waals surface area contributed by atoms with Gasteiger partial charge in [-0.15, -0.1) is 0 Å². The summed E-state index contributed by atoms with van der Waals surface area (Å²) in [5.74, 6) is 1.52. The number of nitrogens with one attached hydrogen (secondary N) is 1. The van der Waals surface area contributed by atoms with E-state index in [0.29, 0.717) is 0 Å². The fourth-order valence-corrected chi connectivity index (χ4v) is 3.28. The summed E-state index contributed by atoms with van der Waals surface area (Å²) in [4.78, 5) is 0. The van der Waals surface area contributed by atoms with Crippen LogP contribution in [0, 0.1) is 19.8 Å². The lowest BCUT2D eigenvalue weighted by Crippen LogP contribution is -2.12. The van der Waals surface area contributed by atoms with Crippen molar-refractivity contribution in [2.45, 2.75) is 59.3 Å². The average Bonchev–Trinajstić information content (AvgIpc) is 2.73. The molecule has 0 saturated carbocycles. The number of fused-ring (bicyclic) bond motifs is 1. The fourth-order valence-electron chi connectivity index (χ4n) is 3.28. The second kappa shape index (κ2) is 5.77. The molecule has 1 N–H and O–H groups in total. The molecule has 1 heteroatoms. The van der Waals surface area contributed by atoms with Crippen molar-refractivity contribution in [3.05, 3.63) is 28.8 Å². The van der Waals surface area contributed by atoms with Crippen molar-refractivity contribution < 1.29 is 0 Å². The van der Waals surface area contributed by atoms with E-state index in [1.54, 1.807) is 5.56 Å². The average molecular weight is 245 g/mol. The summed E-state index contributed by atoms with van der Waals surface area (Å²) in [6.45, 7) is 10.3. The predicted molar refractivity (Wildman–Crippen MR) is 80.5 cm³/mol. The summed E-state index contributed by atoms with van der Waals surface area (Å²) in [7, 11) is 0. The molecule has 0 bridgehead atoms. The maximum Gasteiger partial charge on any atom is 0.0406 e. The van der Waals surface area contributed by atoms with Crippen molar-refractivity contribution in [3.8, 4) is 0 Å². The molecule has 1 aliphatic heterocycles. The van der Waals surface area contributed by atoms with Gasteiger partial charge in [-0.25, -0.2) is 0 Å². The zero-order valence-corrected chi connectivity index (χ0v) is 12.3. The first-order chi connectivity index (χ1) is 8.63. The van der Waals surface area contributed by atoms with Crippen molar-refractivity contribution in [1.29, 1.82) is 0 Å². The summed E-state index contributed by atoms with van der Waals surface area (Å²) >= 11 is 0. The molecule has 1 aromatic rings. The second-order valence-corrected chi connectivity index (χ2v) is 6.01. The van der Waals surface area contributed by atoms with E-state index in [4.69, 9.17) is 0 Å². The highest BCUT2D eigenvalue weighted by molar-refractivity contribution is 5.64. The molecule has 100 valence electrons. The first-order valence-corrected chi connectivity index (χ1v) is 7.48. The molecule has 0 aliphatic carbocycles. The number of aryl methyl sites for hydroxylation is 2. The molecule has 18 heavy (non-hydrogen) atoms. The van der Waals surface area contributed by atoms with Gasteiger partial charge in [-0.1, -0.05) is 57.2 Å². The standard InChI is InChI=1S/C17H27N/c1-5-6-7-8-13(3)16-11-18-17-14(4)9-12(2)10-15(16)17/h9-10,13,16,18H,5-8,11H2,1-4H3. The van der Waals surface area contributed by atoms with Crippen LogP contribution < -0.4 is 5.32 Å². The summed E-state index contributed by atoms with van der Waals surface area (Å²) in [6, 6.07) is 4.68. The van der Waals surface area contributed by atoms with Gasteiger partial charge in [0.15, 0.2) is 0 Å². The van der Waals surface area contributed by atoms with Crippen molar-refractivity contribution in [3.63, 3.8) is 0 Å². The molecule has 1 nitrogen and oxygen atoms in total. The highest BCUT2D eigenvalue weighted by Crippen LogP contribution is 2.40. The van der Waals surface area contributed by atoms with E-state index in [2.05, 4.69) is 45.1 Å². The van der Waals surface area contributed by atoms with Gasteiger partial charge < -0.3 is 5.32 Å². The molecule has 2 unspecified atom stereocenters. The summed E-state index contributed by atoms with van der Waals surface area (Å²) in [6.07, 6.45) is 5.45. The van der Waals surface area contributed by atoms with E-state index in [1.165, 1.54) is 42.5 Å². The van der Waals surface area contributed by atoms with Crippen molar-refractivity contribution in [2.24, 2.45) is 5.92 Å². The summed E-state index contributed by atoms with van der Waals surface area (Å²) < 4.78 is 0. The Morgan fingerprint density at radius 2 is 2.06 bits per heavy atom. The summed E-state index contributed by atoms with van der Waals surface area (Å²) in [5, 5.41) is 3.62. The van der Waals surface area contributed by atoms with Gasteiger partial charge in [0, 0.05) is 18.2 Å². The second-order valence-electron chi connectivity index (χ2n) is 6.01. The number of anilines is 1. The van der Waals surface area contributed by atoms with Gasteiger partial charge in [0.1, 0.15) is 0 Å². The Morgan fingerprint density at radius 1 is 1.28 bits per heavy atom. The summed E-state index contributed by atoms with van der Waals surface area (Å²) in [5.41, 5.74) is 5.79. The molecular formula is C17H27N. The quantitative estimate of drug-likeness (QED) is 0.717. The molecule has 0 aromatic heterocycles. The van der Waals surface area contributed by atoms with Crippen molar-refractivity contribution >= 4 is 5.69 Å². The Bertz CT molecular complexity index is 408. The van der Waals surface area contributed by atoms with E-state index in [1.807, 2.05) is 0 Å². The molecule has 0 radical (unpaired) electrons. The van der Waals surface area contributed by atoms with Crippen molar-refractivity contribution in [2.75, 3.05) is 11.9 Å². The number of benzene rings is 1. The zero-order valence-electron chi connectivity index (χ0n) is 12.3. The highest BCUT2D eigenvalue weighted by Gasteiger charge is 2.27. The Balaban J connectivity index is 2.10. The van der Waals surface area contributed by atoms with Crippen LogP contribution in [-0.4, -0.2) is 6.54 Å². The number of rotatable bonds is 5. The number of unbranched alkanes of at least 4 members (excludes halogenated alkanes) is 2. The SMILES string of the molecule is CCCCCC(C)C1CNc2c(C)cc(C)cc21. The van der Waals surface area contributed by atoms with Gasteiger partial charge in [0.25, 0.3) is 0 Å². The Kier molecular flexibility index (Phi) is 4.31. The molecule has 1 aliphatic rings. The lowest BCUT2D eigenvalue weighted by Gasteiger charge is -2.19. The van der Waals surface area contributed by atoms with Gasteiger partial charge >= 0.3 is 0 Å². The molecule has 1 aromatic carbocycles. The van der Waals surface area contributed by atoms with E-state index < -0.39 is 0 Å². The van der Waals surface area contributed by atoms with Crippen LogP contribution in [0.2, 0.25) is 0 Å². The zero-order chi connectivity index (χ0) is 13.1. The first kappa shape index (κ1) is 13.5. The molecule has 2 rings (SSSR count). The minimum absolute atomic E-state index is 0.718. The normalized spacial score (nSPS) is 19.4. The third-order valence-corrected chi connectivity index (χ3v) is 4.36. The largest absolute Gasteiger partial charge is 0.384 e. The van der Waals surface area contributed by atoms with Crippen LogP contribution in [0.4, 0.5) is 5.69 Å². The van der Waals surface area contributed by atoms with Crippen LogP contribution in [0.1, 0.15) is 62.1 Å². The van der Waals surface area contributed by atoms with Crippen LogP contribution in [0.3, 0.4) is 0 Å². The molecule has 0 amide bonds. The first-order valence-electron chi connectivity index (χ1n) is 7.48. The minimum Gasteiger partial charge on any atom is -0.384 e. The number of hydrogen-bond acceptors (Lipinski definition) is 1. The third-order valence-electron chi connectivity index (χ3n) is 4.36. The van der Waals surface area contributed by atoms with E-state index in [0.717, 1.165) is 18.4 Å². The van der Waals surface area contributed by atoms with E-state index >= 15 is 0 Å². The van der Waals surface area contributed by atoms with Gasteiger partial charge in [-0.3, -0.25) is 0 Å². The lowest BCUT2D eigenvalue weighted by molar-refractivity contribution is 0.430. The van der Waals surface area contributed by atoms with Crippen LogP contribution in [0.25, 0.3) is 0 Å². The Hall–Kier alpha value is -0.980. The fraction of sp³-hybridized carbons (Fsp3) is 0.647. The third kappa shape index (κ3) is 2.71. The van der Waals surface area contributed by atoms with Crippen LogP contribution in [0.5, 0.6) is 0 Å². The smallest absolute Gasteiger partial charge is 0.0406 e. The van der Waals surface area contributed by atoms with Gasteiger partial charge in [0.2, 0.25) is 0 Å². The molecule has 2 atom stereocenters. The molecule has 0 saturated heterocycles. The topological polar surface area (TPSA) is 12.0 Å². The highest BCUT2D eigenvalue weighted by atomic mass is 14.9. The molecular weight excluding hydrogens is 218 g/mol. The van der Waals surface area contributed by atoms with Gasteiger partial charge in [0.05, 0.1) is 0 Å². The maximum absolute atomic E-state index is 3.62. The minimum atomic E-state index is 0.718. The Morgan fingerprint density at radius 3 is 2.78 bits per heavy atom. The van der Waals surface area contributed by atoms with Crippen LogP contribution >= 0.6 is 0 Å². The van der Waals surface area contributed by atoms with E-state index in [9.17, 15) is 0 Å². The molecule has 0 fully saturated rings. The monoisotopic (exact) mass is 245 g/mol. The van der Waals surface area contributed by atoms with Gasteiger partial charge in [-0.2, -0.15) is 0 Å². The maximum atomic E-state index is 3.62. The van der Waals surface area contributed by atoms with E-state index in [-0.39, 0.29) is 0 Å². The predicted octanol–water partition coefficient (Wildman–Crippen LogP) is 5.03.